The summed E-state index contributed by atoms with van der Waals surface area (Å²) in [4.78, 5) is 4.40. The highest BCUT2D eigenvalue weighted by atomic mass is 16.5. The van der Waals surface area contributed by atoms with Crippen molar-refractivity contribution in [3.63, 3.8) is 0 Å². The highest BCUT2D eigenvalue weighted by molar-refractivity contribution is 5.30. The summed E-state index contributed by atoms with van der Waals surface area (Å²) in [7, 11) is 0. The van der Waals surface area contributed by atoms with Crippen LogP contribution in [-0.2, 0) is 6.42 Å². The summed E-state index contributed by atoms with van der Waals surface area (Å²) in [5.74, 6) is 0.940. The predicted molar refractivity (Wildman–Crippen MR) is 86.6 cm³/mol. The standard InChI is InChI=1S/C18H24N2O/c1-3-19-18(12-11-16-9-5-6-13-20-16)15-8-7-10-17(14-15)21-4-2/h5-10,13-14,18-19H,3-4,11-12H2,1-2H3. The van der Waals surface area contributed by atoms with Crippen LogP contribution in [0, 0.1) is 0 Å². The van der Waals surface area contributed by atoms with Gasteiger partial charge in [-0.1, -0.05) is 25.1 Å². The lowest BCUT2D eigenvalue weighted by Gasteiger charge is -2.19. The van der Waals surface area contributed by atoms with Crippen molar-refractivity contribution in [1.29, 1.82) is 0 Å². The number of aromatic nitrogens is 1. The number of benzene rings is 1. The number of pyridine rings is 1. The molecule has 112 valence electrons. The summed E-state index contributed by atoms with van der Waals surface area (Å²) in [5, 5.41) is 3.56. The van der Waals surface area contributed by atoms with Gasteiger partial charge in [-0.3, -0.25) is 4.98 Å². The molecular formula is C18H24N2O. The molecule has 21 heavy (non-hydrogen) atoms. The van der Waals surface area contributed by atoms with Crippen LogP contribution in [0.2, 0.25) is 0 Å². The van der Waals surface area contributed by atoms with E-state index in [1.165, 1.54) is 5.56 Å². The molecule has 0 aliphatic carbocycles. The Morgan fingerprint density at radius 3 is 2.76 bits per heavy atom. The molecule has 0 bridgehead atoms. The molecular weight excluding hydrogens is 260 g/mol. The molecule has 0 amide bonds. The van der Waals surface area contributed by atoms with Crippen LogP contribution >= 0.6 is 0 Å². The van der Waals surface area contributed by atoms with Gasteiger partial charge in [-0.05, 0) is 56.1 Å². The fraction of sp³-hybridized carbons (Fsp3) is 0.389. The summed E-state index contributed by atoms with van der Waals surface area (Å²) >= 11 is 0. The first-order valence-corrected chi connectivity index (χ1v) is 7.69. The number of aryl methyl sites for hydroxylation is 1. The van der Waals surface area contributed by atoms with E-state index >= 15 is 0 Å². The van der Waals surface area contributed by atoms with Gasteiger partial charge in [0.2, 0.25) is 0 Å². The molecule has 2 rings (SSSR count). The van der Waals surface area contributed by atoms with Crippen molar-refractivity contribution < 1.29 is 4.74 Å². The minimum Gasteiger partial charge on any atom is -0.494 e. The van der Waals surface area contributed by atoms with Crippen LogP contribution in [0.25, 0.3) is 0 Å². The van der Waals surface area contributed by atoms with Gasteiger partial charge in [0.25, 0.3) is 0 Å². The summed E-state index contributed by atoms with van der Waals surface area (Å²) in [6, 6.07) is 14.8. The smallest absolute Gasteiger partial charge is 0.119 e. The molecule has 1 N–H and O–H groups in total. The molecule has 0 radical (unpaired) electrons. The molecule has 3 heteroatoms. The zero-order valence-corrected chi connectivity index (χ0v) is 12.9. The van der Waals surface area contributed by atoms with Crippen molar-refractivity contribution in [1.82, 2.24) is 10.3 Å². The number of hydrogen-bond donors (Lipinski definition) is 1. The summed E-state index contributed by atoms with van der Waals surface area (Å²) < 4.78 is 5.60. The fourth-order valence-corrected chi connectivity index (χ4v) is 2.46. The highest BCUT2D eigenvalue weighted by Gasteiger charge is 2.11. The first kappa shape index (κ1) is 15.5. The predicted octanol–water partition coefficient (Wildman–Crippen LogP) is 3.76. The first-order valence-electron chi connectivity index (χ1n) is 7.69. The number of nitrogens with zero attached hydrogens (tertiary/aromatic N) is 1. The quantitative estimate of drug-likeness (QED) is 0.801. The van der Waals surface area contributed by atoms with E-state index in [2.05, 4.69) is 41.5 Å². The van der Waals surface area contributed by atoms with Crippen LogP contribution in [0.5, 0.6) is 5.75 Å². The Hall–Kier alpha value is -1.87. The fourth-order valence-electron chi connectivity index (χ4n) is 2.46. The summed E-state index contributed by atoms with van der Waals surface area (Å²) in [6.45, 7) is 5.80. The monoisotopic (exact) mass is 284 g/mol. The van der Waals surface area contributed by atoms with Crippen molar-refractivity contribution in [2.45, 2.75) is 32.7 Å². The van der Waals surface area contributed by atoms with Gasteiger partial charge < -0.3 is 10.1 Å². The Balaban J connectivity index is 2.05. The van der Waals surface area contributed by atoms with Crippen LogP contribution in [0.15, 0.2) is 48.7 Å². The maximum Gasteiger partial charge on any atom is 0.119 e. The summed E-state index contributed by atoms with van der Waals surface area (Å²) in [6.07, 6.45) is 3.85. The molecule has 1 aromatic carbocycles. The van der Waals surface area contributed by atoms with E-state index in [0.717, 1.165) is 30.8 Å². The molecule has 0 spiro atoms. The van der Waals surface area contributed by atoms with Gasteiger partial charge in [-0.2, -0.15) is 0 Å². The van der Waals surface area contributed by atoms with Crippen molar-refractivity contribution in [3.8, 4) is 5.75 Å². The molecule has 1 heterocycles. The Morgan fingerprint density at radius 2 is 2.05 bits per heavy atom. The SMILES string of the molecule is CCNC(CCc1ccccn1)c1cccc(OCC)c1. The van der Waals surface area contributed by atoms with Crippen molar-refractivity contribution in [2.24, 2.45) is 0 Å². The zero-order chi connectivity index (χ0) is 14.9. The number of hydrogen-bond acceptors (Lipinski definition) is 3. The van der Waals surface area contributed by atoms with Crippen LogP contribution in [-0.4, -0.2) is 18.1 Å². The topological polar surface area (TPSA) is 34.2 Å². The van der Waals surface area contributed by atoms with Gasteiger partial charge in [0.1, 0.15) is 5.75 Å². The van der Waals surface area contributed by atoms with E-state index in [1.54, 1.807) is 0 Å². The minimum atomic E-state index is 0.331. The van der Waals surface area contributed by atoms with Gasteiger partial charge in [-0.15, -0.1) is 0 Å². The molecule has 0 fully saturated rings. The normalized spacial score (nSPS) is 12.1. The molecule has 1 unspecified atom stereocenters. The van der Waals surface area contributed by atoms with E-state index in [9.17, 15) is 0 Å². The van der Waals surface area contributed by atoms with Crippen molar-refractivity contribution in [2.75, 3.05) is 13.2 Å². The van der Waals surface area contributed by atoms with Crippen LogP contribution in [0.3, 0.4) is 0 Å². The minimum absolute atomic E-state index is 0.331. The molecule has 2 aromatic rings. The van der Waals surface area contributed by atoms with Gasteiger partial charge in [-0.25, -0.2) is 0 Å². The lowest BCUT2D eigenvalue weighted by atomic mass is 10.0. The van der Waals surface area contributed by atoms with Gasteiger partial charge in [0, 0.05) is 17.9 Å². The number of rotatable bonds is 8. The van der Waals surface area contributed by atoms with E-state index in [4.69, 9.17) is 4.74 Å². The maximum absolute atomic E-state index is 5.60. The number of ether oxygens (including phenoxy) is 1. The van der Waals surface area contributed by atoms with Gasteiger partial charge in [0.05, 0.1) is 6.61 Å². The van der Waals surface area contributed by atoms with Crippen LogP contribution < -0.4 is 10.1 Å². The third-order valence-corrected chi connectivity index (χ3v) is 3.44. The molecule has 0 aliphatic heterocycles. The lowest BCUT2D eigenvalue weighted by Crippen LogP contribution is -2.21. The van der Waals surface area contributed by atoms with Crippen molar-refractivity contribution in [3.05, 3.63) is 59.9 Å². The number of nitrogens with one attached hydrogen (secondary N) is 1. The third-order valence-electron chi connectivity index (χ3n) is 3.44. The Labute approximate surface area is 127 Å². The van der Waals surface area contributed by atoms with E-state index in [0.29, 0.717) is 12.6 Å². The second-order valence-electron chi connectivity index (χ2n) is 4.98. The molecule has 1 atom stereocenters. The van der Waals surface area contributed by atoms with E-state index in [-0.39, 0.29) is 0 Å². The van der Waals surface area contributed by atoms with Crippen molar-refractivity contribution >= 4 is 0 Å². The van der Waals surface area contributed by atoms with E-state index < -0.39 is 0 Å². The zero-order valence-electron chi connectivity index (χ0n) is 12.9. The first-order chi connectivity index (χ1) is 10.3. The lowest BCUT2D eigenvalue weighted by molar-refractivity contribution is 0.339. The molecule has 1 aromatic heterocycles. The van der Waals surface area contributed by atoms with Gasteiger partial charge >= 0.3 is 0 Å². The average Bonchev–Trinajstić information content (AvgIpc) is 2.53. The van der Waals surface area contributed by atoms with Gasteiger partial charge in [0.15, 0.2) is 0 Å². The van der Waals surface area contributed by atoms with Crippen LogP contribution in [0.4, 0.5) is 0 Å². The molecule has 3 nitrogen and oxygen atoms in total. The largest absolute Gasteiger partial charge is 0.494 e. The molecule has 0 saturated heterocycles. The second kappa shape index (κ2) is 8.42. The summed E-state index contributed by atoms with van der Waals surface area (Å²) in [5.41, 5.74) is 2.42. The highest BCUT2D eigenvalue weighted by Crippen LogP contribution is 2.23. The maximum atomic E-state index is 5.60. The average molecular weight is 284 g/mol. The molecule has 0 saturated carbocycles. The Bertz CT molecular complexity index is 528. The third kappa shape index (κ3) is 4.87. The Kier molecular flexibility index (Phi) is 6.22. The molecule has 0 aliphatic rings. The Morgan fingerprint density at radius 1 is 1.14 bits per heavy atom. The van der Waals surface area contributed by atoms with E-state index in [1.807, 2.05) is 31.3 Å². The van der Waals surface area contributed by atoms with Crippen LogP contribution in [0.1, 0.15) is 37.6 Å². The second-order valence-corrected chi connectivity index (χ2v) is 4.98.